The normalized spacial score (nSPS) is 21.3. The molecule has 486 valence electrons. The van der Waals surface area contributed by atoms with Crippen LogP contribution in [0.15, 0.2) is 127 Å². The van der Waals surface area contributed by atoms with E-state index >= 15 is 0 Å². The number of anilines is 2. The molecule has 2 aliphatic rings. The first-order chi connectivity index (χ1) is 42.7. The zero-order valence-electron chi connectivity index (χ0n) is 50.2. The van der Waals surface area contributed by atoms with E-state index < -0.39 is 145 Å². The Morgan fingerprint density at radius 1 is 0.622 bits per heavy atom. The standard InChI is InChI=1S/C63H72F6N6O15/c1-36-37(2)52(75-59(80)71-44-18-12-16-42(30-44)63(67,68)69)57(87-49(36)34-84-31-38-19-23-45(82-6)24-20-38)88-54-48(72-58(79)70-43-17-11-15-41(29-43)62(64,65)66)33-86-50(35-85-32-39-21-25-46(83-7)26-22-39)53(54)74-51(76)28-27-47(73-60(81)90-61(3,4)5)56(78)89-55(77)40-13-9-8-10-14-40/h8-26,29-30,36-37,47-50,52-54,57H,27-28,31-35H2,1-7H3,(H,73,81)(H,74,76)(H2,70,72,79)(H2,71,75,80)/t36-,37-,47+,48?,49?,50?,52?,53-,54+,57-/m0/s1. The number of esters is 2. The largest absolute Gasteiger partial charge is 0.497 e. The highest BCUT2D eigenvalue weighted by molar-refractivity contribution is 5.99. The summed E-state index contributed by atoms with van der Waals surface area (Å²) in [6.45, 7) is 7.53. The van der Waals surface area contributed by atoms with Crippen molar-refractivity contribution < 1.29 is 97.7 Å². The maximum atomic E-state index is 14.7. The number of halogens is 6. The monoisotopic (exact) mass is 1270 g/mol. The van der Waals surface area contributed by atoms with Crippen molar-refractivity contribution in [2.24, 2.45) is 11.8 Å². The number of urea groups is 2. The number of rotatable bonds is 23. The first kappa shape index (κ1) is 69.0. The van der Waals surface area contributed by atoms with Crippen LogP contribution in [-0.2, 0) is 68.3 Å². The Morgan fingerprint density at radius 3 is 1.68 bits per heavy atom. The Labute approximate surface area is 515 Å². The molecule has 2 heterocycles. The lowest BCUT2D eigenvalue weighted by atomic mass is 9.82. The van der Waals surface area contributed by atoms with Crippen LogP contribution in [0.5, 0.6) is 11.5 Å². The van der Waals surface area contributed by atoms with Crippen LogP contribution in [0.2, 0.25) is 0 Å². The molecule has 6 amide bonds. The van der Waals surface area contributed by atoms with Crippen molar-refractivity contribution in [2.45, 2.75) is 127 Å². The van der Waals surface area contributed by atoms with E-state index in [9.17, 15) is 55.1 Å². The summed E-state index contributed by atoms with van der Waals surface area (Å²) in [4.78, 5) is 82.9. The minimum Gasteiger partial charge on any atom is -0.497 e. The van der Waals surface area contributed by atoms with E-state index in [0.717, 1.165) is 35.9 Å². The second-order valence-corrected chi connectivity index (χ2v) is 22.4. The predicted octanol–water partition coefficient (Wildman–Crippen LogP) is 10.2. The Morgan fingerprint density at radius 2 is 1.16 bits per heavy atom. The van der Waals surface area contributed by atoms with Gasteiger partial charge in [-0.3, -0.25) is 4.79 Å². The summed E-state index contributed by atoms with van der Waals surface area (Å²) in [5.41, 5.74) is -2.20. The third kappa shape index (κ3) is 20.5. The fourth-order valence-corrected chi connectivity index (χ4v) is 9.73. The molecule has 27 heteroatoms. The van der Waals surface area contributed by atoms with Crippen molar-refractivity contribution in [3.8, 4) is 11.5 Å². The smallest absolute Gasteiger partial charge is 0.416 e. The summed E-state index contributed by atoms with van der Waals surface area (Å²) in [5.74, 6) is -3.08. The van der Waals surface area contributed by atoms with Gasteiger partial charge in [-0.05, 0) is 123 Å². The Balaban J connectivity index is 1.25. The molecular weight excluding hydrogens is 1190 g/mol. The third-order valence-electron chi connectivity index (χ3n) is 14.6. The van der Waals surface area contributed by atoms with E-state index in [1.54, 1.807) is 82.3 Å². The Bertz CT molecular complexity index is 3210. The van der Waals surface area contributed by atoms with E-state index in [-0.39, 0.29) is 43.4 Å². The summed E-state index contributed by atoms with van der Waals surface area (Å²) in [6, 6.07) is 21.5. The lowest BCUT2D eigenvalue weighted by Gasteiger charge is -2.49. The third-order valence-corrected chi connectivity index (χ3v) is 14.6. The van der Waals surface area contributed by atoms with Gasteiger partial charge in [0.1, 0.15) is 35.3 Å². The molecule has 5 aromatic carbocycles. The van der Waals surface area contributed by atoms with Crippen LogP contribution >= 0.6 is 0 Å². The molecule has 90 heavy (non-hydrogen) atoms. The SMILES string of the molecule is COc1ccc(COCC2O[C@@H](O[C@@H]3C(NC(=O)Nc4cccc(C(F)(F)F)c4)COC(COCc4ccc(OC)cc4)[C@@H]3NC(=O)CC[C@@H](NC(=O)OC(C)(C)C)C(=O)OC(=O)c3ccccc3)C(NC(=O)Nc3cccc(C(F)(F)F)c3)[C@@H](C)[C@@H]2C)cc1. The lowest BCUT2D eigenvalue weighted by molar-refractivity contribution is -0.277. The maximum Gasteiger partial charge on any atom is 0.416 e. The van der Waals surface area contributed by atoms with Crippen LogP contribution in [0.1, 0.15) is 80.1 Å². The second-order valence-electron chi connectivity index (χ2n) is 22.4. The molecule has 2 aliphatic heterocycles. The zero-order chi connectivity index (χ0) is 65.3. The minimum atomic E-state index is -4.78. The van der Waals surface area contributed by atoms with E-state index in [4.69, 9.17) is 42.6 Å². The van der Waals surface area contributed by atoms with Gasteiger partial charge in [0, 0.05) is 17.8 Å². The van der Waals surface area contributed by atoms with E-state index in [2.05, 4.69) is 31.9 Å². The number of benzene rings is 5. The molecule has 5 aromatic rings. The number of hydrogen-bond donors (Lipinski definition) is 6. The van der Waals surface area contributed by atoms with Crippen molar-refractivity contribution in [2.75, 3.05) is 44.7 Å². The topological polar surface area (TPSA) is 258 Å². The fourth-order valence-electron chi connectivity index (χ4n) is 9.73. The molecule has 10 atom stereocenters. The molecule has 0 spiro atoms. The number of nitrogens with one attached hydrogen (secondary N) is 6. The van der Waals surface area contributed by atoms with E-state index in [1.807, 2.05) is 6.92 Å². The van der Waals surface area contributed by atoms with Crippen LogP contribution in [0, 0.1) is 11.8 Å². The van der Waals surface area contributed by atoms with Crippen LogP contribution in [0.25, 0.3) is 0 Å². The van der Waals surface area contributed by atoms with Gasteiger partial charge in [0.25, 0.3) is 0 Å². The molecular formula is C63H72F6N6O15. The molecule has 4 unspecified atom stereocenters. The highest BCUT2D eigenvalue weighted by atomic mass is 19.4. The van der Waals surface area contributed by atoms with Crippen molar-refractivity contribution in [1.82, 2.24) is 21.3 Å². The number of hydrogen-bond acceptors (Lipinski definition) is 15. The minimum absolute atomic E-state index is 0.00173. The number of amides is 6. The van der Waals surface area contributed by atoms with Gasteiger partial charge in [-0.2, -0.15) is 26.3 Å². The molecule has 2 saturated heterocycles. The van der Waals surface area contributed by atoms with Gasteiger partial charge in [-0.15, -0.1) is 0 Å². The highest BCUT2D eigenvalue weighted by Gasteiger charge is 2.50. The number of carbonyl (C=O) groups excluding carboxylic acids is 6. The molecule has 7 rings (SSSR count). The van der Waals surface area contributed by atoms with Crippen molar-refractivity contribution >= 4 is 47.4 Å². The number of carbonyl (C=O) groups is 6. The van der Waals surface area contributed by atoms with Crippen LogP contribution in [-0.4, -0.2) is 124 Å². The molecule has 6 N–H and O–H groups in total. The van der Waals surface area contributed by atoms with Crippen molar-refractivity contribution in [3.63, 3.8) is 0 Å². The average Bonchev–Trinajstić information content (AvgIpc) is 1.00. The quantitative estimate of drug-likeness (QED) is 0.0202. The highest BCUT2D eigenvalue weighted by Crippen LogP contribution is 2.36. The van der Waals surface area contributed by atoms with E-state index in [0.29, 0.717) is 23.1 Å². The number of ether oxygens (including phenoxy) is 9. The summed E-state index contributed by atoms with van der Waals surface area (Å²) in [6.07, 6.45) is -16.9. The van der Waals surface area contributed by atoms with Crippen molar-refractivity contribution in [1.29, 1.82) is 0 Å². The van der Waals surface area contributed by atoms with Crippen LogP contribution in [0.4, 0.5) is 52.1 Å². The first-order valence-corrected chi connectivity index (χ1v) is 28.6. The van der Waals surface area contributed by atoms with Gasteiger partial charge in [-0.25, -0.2) is 24.0 Å². The number of methoxy groups -OCH3 is 2. The molecule has 0 radical (unpaired) electrons. The molecule has 0 aliphatic carbocycles. The lowest BCUT2D eigenvalue weighted by Crippen LogP contribution is -2.69. The average molecular weight is 1270 g/mol. The maximum absolute atomic E-state index is 14.7. The van der Waals surface area contributed by atoms with Gasteiger partial charge in [-0.1, -0.05) is 68.4 Å². The second kappa shape index (κ2) is 31.3. The number of alkyl carbamates (subject to hydrolysis) is 1. The Kier molecular flexibility index (Phi) is 24.0. The van der Waals surface area contributed by atoms with Gasteiger partial charge < -0.3 is 74.5 Å². The van der Waals surface area contributed by atoms with Crippen LogP contribution in [0.3, 0.4) is 0 Å². The Hall–Kier alpha value is -8.50. The van der Waals surface area contributed by atoms with Gasteiger partial charge in [0.05, 0.1) is 88.2 Å². The summed E-state index contributed by atoms with van der Waals surface area (Å²) in [5, 5.41) is 15.6. The van der Waals surface area contributed by atoms with E-state index in [1.165, 1.54) is 50.6 Å². The predicted molar refractivity (Wildman–Crippen MR) is 313 cm³/mol. The summed E-state index contributed by atoms with van der Waals surface area (Å²) < 4.78 is 137. The van der Waals surface area contributed by atoms with Crippen molar-refractivity contribution in [3.05, 3.63) is 155 Å². The molecule has 2 fully saturated rings. The molecule has 0 saturated carbocycles. The van der Waals surface area contributed by atoms with Crippen LogP contribution < -0.4 is 41.4 Å². The van der Waals surface area contributed by atoms with Gasteiger partial charge in [0.15, 0.2) is 6.29 Å². The molecule has 21 nitrogen and oxygen atoms in total. The zero-order valence-corrected chi connectivity index (χ0v) is 50.2. The number of alkyl halides is 6. The fraction of sp³-hybridized carbons (Fsp3) is 0.429. The van der Waals surface area contributed by atoms with Gasteiger partial charge in [0.2, 0.25) is 5.91 Å². The summed E-state index contributed by atoms with van der Waals surface area (Å²) in [7, 11) is 3.02. The molecule has 0 aromatic heterocycles. The molecule has 0 bridgehead atoms. The first-order valence-electron chi connectivity index (χ1n) is 28.6. The van der Waals surface area contributed by atoms with Gasteiger partial charge >= 0.3 is 42.4 Å². The summed E-state index contributed by atoms with van der Waals surface area (Å²) >= 11 is 0.